The first kappa shape index (κ1) is 14.9. The zero-order valence-corrected chi connectivity index (χ0v) is 11.2. The lowest BCUT2D eigenvalue weighted by Crippen LogP contribution is -2.67. The van der Waals surface area contributed by atoms with E-state index in [4.69, 9.17) is 0 Å². The Morgan fingerprint density at radius 1 is 1.15 bits per heavy atom. The van der Waals surface area contributed by atoms with Crippen LogP contribution in [0.2, 0.25) is 0 Å². The van der Waals surface area contributed by atoms with Crippen LogP contribution in [0.15, 0.2) is 30.3 Å². The molecule has 5 N–H and O–H groups in total. The minimum atomic E-state index is -1.34. The van der Waals surface area contributed by atoms with Crippen molar-refractivity contribution in [1.29, 1.82) is 0 Å². The maximum absolute atomic E-state index is 12.1. The zero-order valence-electron chi connectivity index (χ0n) is 11.2. The van der Waals surface area contributed by atoms with Crippen LogP contribution in [-0.4, -0.2) is 51.6 Å². The number of aliphatic hydroxyl groups is 3. The third-order valence-electron chi connectivity index (χ3n) is 3.59. The van der Waals surface area contributed by atoms with Crippen molar-refractivity contribution >= 4 is 5.91 Å². The SMILES string of the molecule is C[C@@H]1N[C@@H](C(=O)NCc2ccccc2)[C@H](O)[C@H](O)[C@H]1O. The van der Waals surface area contributed by atoms with Crippen molar-refractivity contribution in [1.82, 2.24) is 10.6 Å². The van der Waals surface area contributed by atoms with Gasteiger partial charge in [0, 0.05) is 12.6 Å². The van der Waals surface area contributed by atoms with E-state index in [0.29, 0.717) is 6.54 Å². The molecular formula is C14H20N2O4. The van der Waals surface area contributed by atoms with Gasteiger partial charge in [0.2, 0.25) is 5.91 Å². The van der Waals surface area contributed by atoms with Gasteiger partial charge in [-0.25, -0.2) is 0 Å². The number of hydrogen-bond acceptors (Lipinski definition) is 5. The maximum Gasteiger partial charge on any atom is 0.240 e. The van der Waals surface area contributed by atoms with E-state index in [1.165, 1.54) is 0 Å². The summed E-state index contributed by atoms with van der Waals surface area (Å²) in [6, 6.07) is 7.98. The smallest absolute Gasteiger partial charge is 0.240 e. The summed E-state index contributed by atoms with van der Waals surface area (Å²) in [6.45, 7) is 1.99. The third kappa shape index (κ3) is 3.16. The second-order valence-electron chi connectivity index (χ2n) is 5.11. The van der Waals surface area contributed by atoms with Crippen molar-refractivity contribution in [2.24, 2.45) is 0 Å². The van der Waals surface area contributed by atoms with Gasteiger partial charge >= 0.3 is 0 Å². The van der Waals surface area contributed by atoms with Gasteiger partial charge in [0.05, 0.1) is 6.10 Å². The summed E-state index contributed by atoms with van der Waals surface area (Å²) in [6.07, 6.45) is -3.76. The molecule has 1 heterocycles. The molecule has 0 aromatic heterocycles. The second kappa shape index (κ2) is 6.32. The number of nitrogens with one attached hydrogen (secondary N) is 2. The Labute approximate surface area is 117 Å². The molecule has 110 valence electrons. The molecule has 1 aliphatic heterocycles. The van der Waals surface area contributed by atoms with Crippen LogP contribution in [0.25, 0.3) is 0 Å². The molecule has 1 aromatic carbocycles. The zero-order chi connectivity index (χ0) is 14.7. The van der Waals surface area contributed by atoms with E-state index in [1.54, 1.807) is 6.92 Å². The fourth-order valence-electron chi connectivity index (χ4n) is 2.30. The van der Waals surface area contributed by atoms with Gasteiger partial charge in [0.1, 0.15) is 18.2 Å². The molecule has 6 nitrogen and oxygen atoms in total. The molecule has 5 atom stereocenters. The molecule has 0 saturated carbocycles. The highest BCUT2D eigenvalue weighted by atomic mass is 16.4. The predicted octanol–water partition coefficient (Wildman–Crippen LogP) is -1.25. The van der Waals surface area contributed by atoms with Gasteiger partial charge in [-0.05, 0) is 12.5 Å². The molecule has 0 unspecified atom stereocenters. The number of rotatable bonds is 3. The first-order valence-corrected chi connectivity index (χ1v) is 6.62. The largest absolute Gasteiger partial charge is 0.389 e. The Morgan fingerprint density at radius 3 is 2.45 bits per heavy atom. The molecule has 1 fully saturated rings. The van der Waals surface area contributed by atoms with E-state index >= 15 is 0 Å². The lowest BCUT2D eigenvalue weighted by atomic mass is 9.90. The first-order chi connectivity index (χ1) is 9.50. The van der Waals surface area contributed by atoms with Crippen LogP contribution in [0.1, 0.15) is 12.5 Å². The van der Waals surface area contributed by atoms with Gasteiger partial charge < -0.3 is 20.6 Å². The standard InChI is InChI=1S/C14H20N2O4/c1-8-11(17)13(19)12(18)10(16-8)14(20)15-7-9-5-3-2-4-6-9/h2-6,8,10-13,16-19H,7H2,1H3,(H,15,20)/t8-,10+,11-,12-,13+/m0/s1. The molecule has 1 saturated heterocycles. The first-order valence-electron chi connectivity index (χ1n) is 6.62. The van der Waals surface area contributed by atoms with Crippen molar-refractivity contribution in [3.05, 3.63) is 35.9 Å². The molecule has 1 amide bonds. The molecule has 0 aliphatic carbocycles. The van der Waals surface area contributed by atoms with E-state index in [2.05, 4.69) is 10.6 Å². The van der Waals surface area contributed by atoms with Crippen molar-refractivity contribution in [3.8, 4) is 0 Å². The predicted molar refractivity (Wildman–Crippen MR) is 72.7 cm³/mol. The van der Waals surface area contributed by atoms with E-state index in [-0.39, 0.29) is 0 Å². The fourth-order valence-corrected chi connectivity index (χ4v) is 2.30. The number of hydrogen-bond donors (Lipinski definition) is 5. The minimum Gasteiger partial charge on any atom is -0.389 e. The molecule has 1 aromatic rings. The topological polar surface area (TPSA) is 102 Å². The van der Waals surface area contributed by atoms with Crippen LogP contribution in [-0.2, 0) is 11.3 Å². The molecule has 0 spiro atoms. The maximum atomic E-state index is 12.1. The monoisotopic (exact) mass is 280 g/mol. The van der Waals surface area contributed by atoms with Gasteiger partial charge in [-0.2, -0.15) is 0 Å². The number of carbonyl (C=O) groups excluding carboxylic acids is 1. The van der Waals surface area contributed by atoms with Crippen LogP contribution >= 0.6 is 0 Å². The second-order valence-corrected chi connectivity index (χ2v) is 5.11. The molecule has 0 radical (unpaired) electrons. The lowest BCUT2D eigenvalue weighted by Gasteiger charge is -2.39. The molecule has 6 heteroatoms. The molecule has 0 bridgehead atoms. The fraction of sp³-hybridized carbons (Fsp3) is 0.500. The highest BCUT2D eigenvalue weighted by Crippen LogP contribution is 2.15. The van der Waals surface area contributed by atoms with Crippen molar-refractivity contribution in [2.45, 2.75) is 43.9 Å². The van der Waals surface area contributed by atoms with Gasteiger partial charge in [-0.15, -0.1) is 0 Å². The van der Waals surface area contributed by atoms with Gasteiger partial charge in [-0.1, -0.05) is 30.3 Å². The number of carbonyl (C=O) groups is 1. The number of benzene rings is 1. The van der Waals surface area contributed by atoms with E-state index < -0.39 is 36.3 Å². The molecule has 1 aliphatic rings. The van der Waals surface area contributed by atoms with Gasteiger partial charge in [0.25, 0.3) is 0 Å². The number of amides is 1. The average Bonchev–Trinajstić information content (AvgIpc) is 2.47. The quantitative estimate of drug-likeness (QED) is 0.476. The summed E-state index contributed by atoms with van der Waals surface area (Å²) in [5.74, 6) is -0.404. The van der Waals surface area contributed by atoms with Crippen LogP contribution in [0.4, 0.5) is 0 Å². The van der Waals surface area contributed by atoms with Crippen molar-refractivity contribution < 1.29 is 20.1 Å². The summed E-state index contributed by atoms with van der Waals surface area (Å²) in [5.41, 5.74) is 0.944. The van der Waals surface area contributed by atoms with Gasteiger partial charge in [-0.3, -0.25) is 10.1 Å². The lowest BCUT2D eigenvalue weighted by molar-refractivity contribution is -0.142. The average molecular weight is 280 g/mol. The Bertz CT molecular complexity index is 454. The number of aliphatic hydroxyl groups excluding tert-OH is 3. The van der Waals surface area contributed by atoms with Crippen molar-refractivity contribution in [3.63, 3.8) is 0 Å². The van der Waals surface area contributed by atoms with Gasteiger partial charge in [0.15, 0.2) is 0 Å². The minimum absolute atomic E-state index is 0.345. The molecule has 20 heavy (non-hydrogen) atoms. The van der Waals surface area contributed by atoms with Crippen LogP contribution in [0.3, 0.4) is 0 Å². The third-order valence-corrected chi connectivity index (χ3v) is 3.59. The van der Waals surface area contributed by atoms with E-state index in [0.717, 1.165) is 5.56 Å². The van der Waals surface area contributed by atoms with Crippen LogP contribution in [0, 0.1) is 0 Å². The normalized spacial score (nSPS) is 33.7. The highest BCUT2D eigenvalue weighted by Gasteiger charge is 2.43. The Hall–Kier alpha value is -1.47. The van der Waals surface area contributed by atoms with Crippen molar-refractivity contribution in [2.75, 3.05) is 0 Å². The van der Waals surface area contributed by atoms with E-state index in [9.17, 15) is 20.1 Å². The summed E-state index contributed by atoms with van der Waals surface area (Å²) in [5, 5.41) is 34.7. The Kier molecular flexibility index (Phi) is 4.72. The highest BCUT2D eigenvalue weighted by molar-refractivity contribution is 5.82. The summed E-state index contributed by atoms with van der Waals surface area (Å²) < 4.78 is 0. The summed E-state index contributed by atoms with van der Waals surface area (Å²) >= 11 is 0. The Morgan fingerprint density at radius 2 is 1.80 bits per heavy atom. The molecule has 2 rings (SSSR count). The number of piperidine rings is 1. The Balaban J connectivity index is 1.95. The summed E-state index contributed by atoms with van der Waals surface area (Å²) in [7, 11) is 0. The van der Waals surface area contributed by atoms with E-state index in [1.807, 2.05) is 30.3 Å². The van der Waals surface area contributed by atoms with Crippen LogP contribution < -0.4 is 10.6 Å². The van der Waals surface area contributed by atoms with Crippen LogP contribution in [0.5, 0.6) is 0 Å². The summed E-state index contributed by atoms with van der Waals surface area (Å²) in [4.78, 5) is 12.1. The molecular weight excluding hydrogens is 260 g/mol.